The fourth-order valence-corrected chi connectivity index (χ4v) is 2.80. The van der Waals surface area contributed by atoms with Crippen LogP contribution in [-0.4, -0.2) is 39.2 Å². The van der Waals surface area contributed by atoms with Gasteiger partial charge in [-0.2, -0.15) is 0 Å². The van der Waals surface area contributed by atoms with Crippen molar-refractivity contribution in [3.05, 3.63) is 46.8 Å². The number of benzene rings is 1. The highest BCUT2D eigenvalue weighted by atomic mass is 127. The van der Waals surface area contributed by atoms with Gasteiger partial charge < -0.3 is 14.8 Å². The molecule has 0 unspecified atom stereocenters. The molecule has 8 heteroatoms. The Morgan fingerprint density at radius 1 is 1.33 bits per heavy atom. The summed E-state index contributed by atoms with van der Waals surface area (Å²) in [4.78, 5) is 6.47. The number of nitrogens with one attached hydrogen (secondary N) is 1. The van der Waals surface area contributed by atoms with Crippen LogP contribution in [-0.2, 0) is 26.6 Å². The first kappa shape index (κ1) is 18.6. The van der Waals surface area contributed by atoms with Crippen molar-refractivity contribution >= 4 is 29.9 Å². The van der Waals surface area contributed by atoms with Crippen molar-refractivity contribution < 1.29 is 4.39 Å². The molecule has 2 aromatic rings. The van der Waals surface area contributed by atoms with E-state index in [1.807, 2.05) is 24.6 Å². The van der Waals surface area contributed by atoms with Crippen LogP contribution in [0.2, 0.25) is 0 Å². The first-order valence-electron chi connectivity index (χ1n) is 7.66. The molecule has 3 rings (SSSR count). The van der Waals surface area contributed by atoms with Gasteiger partial charge in [-0.3, -0.25) is 4.99 Å². The largest absolute Gasteiger partial charge is 0.349 e. The van der Waals surface area contributed by atoms with Crippen molar-refractivity contribution in [1.82, 2.24) is 25.0 Å². The van der Waals surface area contributed by atoms with Gasteiger partial charge in [-0.05, 0) is 36.6 Å². The summed E-state index contributed by atoms with van der Waals surface area (Å²) >= 11 is 0. The number of halogens is 2. The lowest BCUT2D eigenvalue weighted by Gasteiger charge is -2.31. The van der Waals surface area contributed by atoms with Gasteiger partial charge in [0.2, 0.25) is 0 Å². The maximum atomic E-state index is 13.4. The third-order valence-electron chi connectivity index (χ3n) is 4.28. The van der Waals surface area contributed by atoms with E-state index in [4.69, 9.17) is 0 Å². The monoisotopic (exact) mass is 444 g/mol. The molecule has 2 heterocycles. The molecule has 1 aliphatic rings. The molecule has 0 atom stereocenters. The summed E-state index contributed by atoms with van der Waals surface area (Å²) in [6, 6.07) is 5.01. The Morgan fingerprint density at radius 2 is 2.12 bits per heavy atom. The van der Waals surface area contributed by atoms with Gasteiger partial charge in [0, 0.05) is 27.2 Å². The first-order chi connectivity index (χ1) is 11.1. The molecule has 0 radical (unpaired) electrons. The minimum Gasteiger partial charge on any atom is -0.349 e. The number of aromatic nitrogens is 3. The Kier molecular flexibility index (Phi) is 6.14. The summed E-state index contributed by atoms with van der Waals surface area (Å²) in [5.41, 5.74) is 2.23. The maximum Gasteiger partial charge on any atom is 0.194 e. The molecule has 0 aliphatic carbocycles. The number of aliphatic imine (C=N–C) groups is 1. The topological polar surface area (TPSA) is 58.3 Å². The summed E-state index contributed by atoms with van der Waals surface area (Å²) < 4.78 is 15.4. The highest BCUT2D eigenvalue weighted by Crippen LogP contribution is 2.20. The van der Waals surface area contributed by atoms with Crippen molar-refractivity contribution in [3.8, 4) is 0 Å². The zero-order valence-electron chi connectivity index (χ0n) is 14.1. The molecule has 24 heavy (non-hydrogen) atoms. The Morgan fingerprint density at radius 3 is 2.79 bits per heavy atom. The van der Waals surface area contributed by atoms with Gasteiger partial charge in [-0.25, -0.2) is 4.39 Å². The van der Waals surface area contributed by atoms with Gasteiger partial charge >= 0.3 is 0 Å². The standard InChI is InChI=1S/C16H21FN6.HI/c1-11-20-21-15(22(11)3)9-19-16(18-2)23-7-6-12-4-5-14(17)8-13(12)10-23;/h4-5,8H,6-7,9-10H2,1-3H3,(H,18,19);1H. The summed E-state index contributed by atoms with van der Waals surface area (Å²) in [6.07, 6.45) is 0.888. The van der Waals surface area contributed by atoms with Crippen molar-refractivity contribution in [2.24, 2.45) is 12.0 Å². The van der Waals surface area contributed by atoms with Crippen LogP contribution in [0.15, 0.2) is 23.2 Å². The lowest BCUT2D eigenvalue weighted by molar-refractivity contribution is 0.376. The highest BCUT2D eigenvalue weighted by Gasteiger charge is 2.19. The molecule has 1 aromatic heterocycles. The van der Waals surface area contributed by atoms with Gasteiger partial charge in [0.25, 0.3) is 0 Å². The second kappa shape index (κ2) is 7.91. The predicted molar refractivity (Wildman–Crippen MR) is 102 cm³/mol. The van der Waals surface area contributed by atoms with E-state index in [1.165, 1.54) is 11.6 Å². The second-order valence-electron chi connectivity index (χ2n) is 5.71. The quantitative estimate of drug-likeness (QED) is 0.438. The summed E-state index contributed by atoms with van der Waals surface area (Å²) in [5, 5.41) is 11.5. The Bertz CT molecular complexity index is 742. The number of aryl methyl sites for hydroxylation is 1. The van der Waals surface area contributed by atoms with E-state index < -0.39 is 0 Å². The van der Waals surface area contributed by atoms with E-state index in [2.05, 4.69) is 25.4 Å². The maximum absolute atomic E-state index is 13.4. The Hall–Kier alpha value is -1.71. The van der Waals surface area contributed by atoms with Gasteiger partial charge in [-0.1, -0.05) is 6.07 Å². The third-order valence-corrected chi connectivity index (χ3v) is 4.28. The lowest BCUT2D eigenvalue weighted by Crippen LogP contribution is -2.44. The minimum atomic E-state index is -0.192. The smallest absolute Gasteiger partial charge is 0.194 e. The molecule has 0 amide bonds. The highest BCUT2D eigenvalue weighted by molar-refractivity contribution is 14.0. The summed E-state index contributed by atoms with van der Waals surface area (Å²) in [7, 11) is 3.69. The van der Waals surface area contributed by atoms with Crippen molar-refractivity contribution in [2.75, 3.05) is 13.6 Å². The van der Waals surface area contributed by atoms with Crippen LogP contribution in [0.4, 0.5) is 4.39 Å². The van der Waals surface area contributed by atoms with E-state index in [1.54, 1.807) is 13.1 Å². The molecule has 130 valence electrons. The lowest BCUT2D eigenvalue weighted by atomic mass is 10.00. The number of rotatable bonds is 2. The predicted octanol–water partition coefficient (Wildman–Crippen LogP) is 2.01. The van der Waals surface area contributed by atoms with Crippen LogP contribution in [0.5, 0.6) is 0 Å². The van der Waals surface area contributed by atoms with E-state index in [0.717, 1.165) is 36.1 Å². The normalized spacial score (nSPS) is 14.2. The molecule has 0 spiro atoms. The van der Waals surface area contributed by atoms with Crippen molar-refractivity contribution in [2.45, 2.75) is 26.4 Å². The molecule has 0 bridgehead atoms. The van der Waals surface area contributed by atoms with Crippen LogP contribution in [0.3, 0.4) is 0 Å². The zero-order chi connectivity index (χ0) is 16.4. The number of fused-ring (bicyclic) bond motifs is 1. The number of nitrogens with zero attached hydrogens (tertiary/aromatic N) is 5. The molecule has 1 aliphatic heterocycles. The third kappa shape index (κ3) is 3.85. The van der Waals surface area contributed by atoms with Gasteiger partial charge in [-0.15, -0.1) is 34.2 Å². The van der Waals surface area contributed by atoms with Crippen LogP contribution in [0, 0.1) is 12.7 Å². The average molecular weight is 444 g/mol. The molecule has 0 saturated carbocycles. The average Bonchev–Trinajstić information content (AvgIpc) is 2.87. The molecule has 6 nitrogen and oxygen atoms in total. The van der Waals surface area contributed by atoms with E-state index in [-0.39, 0.29) is 29.8 Å². The molecule has 0 saturated heterocycles. The van der Waals surface area contributed by atoms with Gasteiger partial charge in [0.15, 0.2) is 11.8 Å². The second-order valence-corrected chi connectivity index (χ2v) is 5.71. The van der Waals surface area contributed by atoms with E-state index in [9.17, 15) is 4.39 Å². The minimum absolute atomic E-state index is 0. The van der Waals surface area contributed by atoms with Crippen molar-refractivity contribution in [1.29, 1.82) is 0 Å². The summed E-state index contributed by atoms with van der Waals surface area (Å²) in [6.45, 7) is 3.98. The first-order valence-corrected chi connectivity index (χ1v) is 7.66. The Labute approximate surface area is 158 Å². The van der Waals surface area contributed by atoms with Gasteiger partial charge in [0.05, 0.1) is 6.54 Å². The summed E-state index contributed by atoms with van der Waals surface area (Å²) in [5.74, 6) is 2.33. The fraction of sp³-hybridized carbons (Fsp3) is 0.438. The molecule has 0 fully saturated rings. The molecule has 1 N–H and O–H groups in total. The van der Waals surface area contributed by atoms with Crippen LogP contribution in [0.25, 0.3) is 0 Å². The van der Waals surface area contributed by atoms with Gasteiger partial charge in [0.1, 0.15) is 11.6 Å². The van der Waals surface area contributed by atoms with Crippen LogP contribution >= 0.6 is 24.0 Å². The van der Waals surface area contributed by atoms with Crippen molar-refractivity contribution in [3.63, 3.8) is 0 Å². The molecular formula is C16H22FIN6. The number of hydrogen-bond acceptors (Lipinski definition) is 3. The number of guanidine groups is 1. The zero-order valence-corrected chi connectivity index (χ0v) is 16.4. The van der Waals surface area contributed by atoms with Crippen LogP contribution in [0.1, 0.15) is 22.8 Å². The Balaban J connectivity index is 0.00000208. The fourth-order valence-electron chi connectivity index (χ4n) is 2.80. The molecular weight excluding hydrogens is 422 g/mol. The van der Waals surface area contributed by atoms with Crippen LogP contribution < -0.4 is 5.32 Å². The molecule has 1 aromatic carbocycles. The number of hydrogen-bond donors (Lipinski definition) is 1. The SMILES string of the molecule is CN=C(NCc1nnc(C)n1C)N1CCc2ccc(F)cc2C1.I. The van der Waals surface area contributed by atoms with E-state index >= 15 is 0 Å². The van der Waals surface area contributed by atoms with E-state index in [0.29, 0.717) is 13.1 Å².